The Bertz CT molecular complexity index is 480. The average molecular weight is 344 g/mol. The van der Waals surface area contributed by atoms with E-state index in [1.807, 2.05) is 6.07 Å². The molecule has 1 atom stereocenters. The number of nitrogens with one attached hydrogen (secondary N) is 1. The summed E-state index contributed by atoms with van der Waals surface area (Å²) in [4.78, 5) is 12.0. The van der Waals surface area contributed by atoms with E-state index in [1.54, 1.807) is 6.92 Å². The number of unbranched alkanes of at least 4 members (excludes halogenated alkanes) is 8. The minimum Gasteiger partial charge on any atom is -0.349 e. The summed E-state index contributed by atoms with van der Waals surface area (Å²) < 4.78 is 0. The van der Waals surface area contributed by atoms with Gasteiger partial charge in [-0.05, 0) is 25.3 Å². The fourth-order valence-electron chi connectivity index (χ4n) is 3.13. The van der Waals surface area contributed by atoms with Crippen molar-refractivity contribution < 1.29 is 4.79 Å². The van der Waals surface area contributed by atoms with Crippen LogP contribution in [0.5, 0.6) is 0 Å². The van der Waals surface area contributed by atoms with Gasteiger partial charge in [0.05, 0.1) is 0 Å². The summed E-state index contributed by atoms with van der Waals surface area (Å²) in [6.45, 7) is 7.79. The Morgan fingerprint density at radius 2 is 1.52 bits per heavy atom. The van der Waals surface area contributed by atoms with Crippen LogP contribution < -0.4 is 5.32 Å². The van der Waals surface area contributed by atoms with Gasteiger partial charge in [-0.2, -0.15) is 0 Å². The molecule has 1 aromatic carbocycles. The molecule has 0 aliphatic carbocycles. The van der Waals surface area contributed by atoms with E-state index in [-0.39, 0.29) is 11.9 Å². The zero-order valence-electron chi connectivity index (χ0n) is 16.4. The molecule has 0 saturated carbocycles. The minimum absolute atomic E-state index is 0.0168. The van der Waals surface area contributed by atoms with Crippen molar-refractivity contribution in [3.8, 4) is 0 Å². The average Bonchev–Trinajstić information content (AvgIpc) is 2.61. The Balaban J connectivity index is 2.28. The Labute approximate surface area is 155 Å². The predicted octanol–water partition coefficient (Wildman–Crippen LogP) is 6.21. The van der Waals surface area contributed by atoms with Crippen molar-refractivity contribution in [1.82, 2.24) is 5.32 Å². The van der Waals surface area contributed by atoms with Gasteiger partial charge in [-0.1, -0.05) is 102 Å². The highest BCUT2D eigenvalue weighted by Gasteiger charge is 2.13. The molecule has 0 radical (unpaired) electrons. The lowest BCUT2D eigenvalue weighted by molar-refractivity contribution is -0.118. The van der Waals surface area contributed by atoms with Gasteiger partial charge in [0.15, 0.2) is 0 Å². The fraction of sp³-hybridized carbons (Fsp3) is 0.609. The first kappa shape index (κ1) is 21.5. The van der Waals surface area contributed by atoms with E-state index in [4.69, 9.17) is 0 Å². The fourth-order valence-corrected chi connectivity index (χ4v) is 3.13. The monoisotopic (exact) mass is 343 g/mol. The molecule has 140 valence electrons. The lowest BCUT2D eigenvalue weighted by Gasteiger charge is -2.19. The molecule has 0 bridgehead atoms. The largest absolute Gasteiger partial charge is 0.349 e. The topological polar surface area (TPSA) is 29.1 Å². The molecule has 0 spiro atoms. The predicted molar refractivity (Wildman–Crippen MR) is 109 cm³/mol. The lowest BCUT2D eigenvalue weighted by Crippen LogP contribution is -2.36. The molecule has 1 aromatic rings. The van der Waals surface area contributed by atoms with Crippen LogP contribution in [0.25, 0.3) is 0 Å². The molecule has 0 saturated heterocycles. The number of hydrogen-bond donors (Lipinski definition) is 1. The van der Waals surface area contributed by atoms with Crippen molar-refractivity contribution in [2.45, 2.75) is 90.5 Å². The summed E-state index contributed by atoms with van der Waals surface area (Å²) in [5.74, 6) is -0.0168. The molecule has 2 nitrogen and oxygen atoms in total. The summed E-state index contributed by atoms with van der Waals surface area (Å²) >= 11 is 0. The van der Waals surface area contributed by atoms with Crippen molar-refractivity contribution in [3.05, 3.63) is 48.0 Å². The van der Waals surface area contributed by atoms with Crippen molar-refractivity contribution >= 4 is 5.91 Å². The summed E-state index contributed by atoms with van der Waals surface area (Å²) in [6, 6.07) is 10.6. The third kappa shape index (κ3) is 10.8. The molecule has 0 aromatic heterocycles. The number of carbonyl (C=O) groups excluding carboxylic acids is 1. The molecule has 1 amide bonds. The molecule has 2 heteroatoms. The number of benzene rings is 1. The first-order valence-electron chi connectivity index (χ1n) is 10.1. The van der Waals surface area contributed by atoms with E-state index in [0.29, 0.717) is 5.57 Å². The van der Waals surface area contributed by atoms with Gasteiger partial charge in [0.25, 0.3) is 0 Å². The van der Waals surface area contributed by atoms with Gasteiger partial charge in [-0.15, -0.1) is 0 Å². The summed E-state index contributed by atoms with van der Waals surface area (Å²) in [5.41, 5.74) is 1.87. The molecular weight excluding hydrogens is 306 g/mol. The summed E-state index contributed by atoms with van der Waals surface area (Å²) in [5, 5.41) is 3.15. The maximum absolute atomic E-state index is 12.0. The van der Waals surface area contributed by atoms with E-state index in [2.05, 4.69) is 43.1 Å². The molecule has 0 aliphatic heterocycles. The number of carbonyl (C=O) groups is 1. The maximum atomic E-state index is 12.0. The standard InChI is InChI=1S/C23H37NO/c1-4-5-6-7-8-9-10-11-15-18-22(24-23(25)20(2)3)19-21-16-13-12-14-17-21/h12-14,16-17,22H,2,4-11,15,18-19H2,1,3H3,(H,24,25). The van der Waals surface area contributed by atoms with Crippen molar-refractivity contribution in [2.75, 3.05) is 0 Å². The van der Waals surface area contributed by atoms with Crippen LogP contribution >= 0.6 is 0 Å². The molecule has 0 aliphatic rings. The van der Waals surface area contributed by atoms with E-state index in [1.165, 1.54) is 63.4 Å². The van der Waals surface area contributed by atoms with Gasteiger partial charge in [-0.3, -0.25) is 4.79 Å². The van der Waals surface area contributed by atoms with E-state index >= 15 is 0 Å². The van der Waals surface area contributed by atoms with Crippen LogP contribution in [0.2, 0.25) is 0 Å². The van der Waals surface area contributed by atoms with Gasteiger partial charge in [-0.25, -0.2) is 0 Å². The normalized spacial score (nSPS) is 11.9. The number of amides is 1. The second-order valence-corrected chi connectivity index (χ2v) is 7.26. The van der Waals surface area contributed by atoms with E-state index in [9.17, 15) is 4.79 Å². The van der Waals surface area contributed by atoms with Crippen LogP contribution in [0, 0.1) is 0 Å². The van der Waals surface area contributed by atoms with Crippen LogP contribution in [-0.4, -0.2) is 11.9 Å². The highest BCUT2D eigenvalue weighted by atomic mass is 16.1. The molecule has 1 rings (SSSR count). The van der Waals surface area contributed by atoms with Crippen LogP contribution in [0.15, 0.2) is 42.5 Å². The van der Waals surface area contributed by atoms with Crippen molar-refractivity contribution in [2.24, 2.45) is 0 Å². The van der Waals surface area contributed by atoms with Crippen molar-refractivity contribution in [3.63, 3.8) is 0 Å². The highest BCUT2D eigenvalue weighted by Crippen LogP contribution is 2.14. The third-order valence-corrected chi connectivity index (χ3v) is 4.70. The molecular formula is C23H37NO. The van der Waals surface area contributed by atoms with Gasteiger partial charge in [0, 0.05) is 11.6 Å². The molecule has 0 heterocycles. The van der Waals surface area contributed by atoms with Crippen molar-refractivity contribution in [1.29, 1.82) is 0 Å². The van der Waals surface area contributed by atoms with E-state index < -0.39 is 0 Å². The third-order valence-electron chi connectivity index (χ3n) is 4.70. The van der Waals surface area contributed by atoms with Crippen LogP contribution in [0.1, 0.15) is 83.6 Å². The zero-order chi connectivity index (χ0) is 18.3. The van der Waals surface area contributed by atoms with E-state index in [0.717, 1.165) is 12.8 Å². The molecule has 25 heavy (non-hydrogen) atoms. The minimum atomic E-state index is -0.0168. The highest BCUT2D eigenvalue weighted by molar-refractivity contribution is 5.92. The Hall–Kier alpha value is -1.57. The van der Waals surface area contributed by atoms with Gasteiger partial charge in [0.1, 0.15) is 0 Å². The second kappa shape index (κ2) is 13.7. The second-order valence-electron chi connectivity index (χ2n) is 7.26. The number of rotatable bonds is 14. The quantitative estimate of drug-likeness (QED) is 0.316. The molecule has 1 N–H and O–H groups in total. The maximum Gasteiger partial charge on any atom is 0.246 e. The lowest BCUT2D eigenvalue weighted by atomic mass is 9.99. The Morgan fingerprint density at radius 1 is 0.960 bits per heavy atom. The van der Waals surface area contributed by atoms with Crippen LogP contribution in [0.3, 0.4) is 0 Å². The van der Waals surface area contributed by atoms with Gasteiger partial charge >= 0.3 is 0 Å². The SMILES string of the molecule is C=C(C)C(=O)NC(CCCCCCCCCCC)Cc1ccccc1. The zero-order valence-corrected chi connectivity index (χ0v) is 16.4. The summed E-state index contributed by atoms with van der Waals surface area (Å²) in [7, 11) is 0. The van der Waals surface area contributed by atoms with Crippen LogP contribution in [-0.2, 0) is 11.2 Å². The van der Waals surface area contributed by atoms with Gasteiger partial charge in [0.2, 0.25) is 5.91 Å². The Kier molecular flexibility index (Phi) is 11.8. The first-order valence-corrected chi connectivity index (χ1v) is 10.1. The number of hydrogen-bond acceptors (Lipinski definition) is 1. The summed E-state index contributed by atoms with van der Waals surface area (Å²) in [6.07, 6.45) is 13.9. The molecule has 0 fully saturated rings. The van der Waals surface area contributed by atoms with Crippen LogP contribution in [0.4, 0.5) is 0 Å². The first-order chi connectivity index (χ1) is 12.1. The molecule has 1 unspecified atom stereocenters. The Morgan fingerprint density at radius 3 is 2.08 bits per heavy atom. The van der Waals surface area contributed by atoms with Gasteiger partial charge < -0.3 is 5.32 Å². The smallest absolute Gasteiger partial charge is 0.246 e.